The zero-order chi connectivity index (χ0) is 13.6. The van der Waals surface area contributed by atoms with E-state index in [0.717, 1.165) is 0 Å². The quantitative estimate of drug-likeness (QED) is 0.725. The molecule has 0 aliphatic carbocycles. The highest BCUT2D eigenvalue weighted by Gasteiger charge is 2.13. The number of hydrogen-bond donors (Lipinski definition) is 0. The SMILES string of the molecule is CC(=O)CCCCS(=O)(=O)Cc1ccccc1Cl. The normalized spacial score (nSPS) is 11.4. The summed E-state index contributed by atoms with van der Waals surface area (Å²) < 4.78 is 23.7. The van der Waals surface area contributed by atoms with Crippen molar-refractivity contribution >= 4 is 27.2 Å². The predicted molar refractivity (Wildman–Crippen MR) is 73.5 cm³/mol. The lowest BCUT2D eigenvalue weighted by Crippen LogP contribution is -2.10. The van der Waals surface area contributed by atoms with Gasteiger partial charge in [-0.3, -0.25) is 0 Å². The number of ketones is 1. The van der Waals surface area contributed by atoms with Crippen molar-refractivity contribution in [3.63, 3.8) is 0 Å². The molecule has 100 valence electrons. The summed E-state index contributed by atoms with van der Waals surface area (Å²) in [5, 5.41) is 0.477. The van der Waals surface area contributed by atoms with Crippen LogP contribution in [-0.2, 0) is 20.4 Å². The summed E-state index contributed by atoms with van der Waals surface area (Å²) in [6.45, 7) is 1.51. The summed E-state index contributed by atoms with van der Waals surface area (Å²) >= 11 is 5.92. The molecule has 0 amide bonds. The summed E-state index contributed by atoms with van der Waals surface area (Å²) in [5.74, 6) is 0.164. The Bertz CT molecular complexity index is 509. The number of benzene rings is 1. The van der Waals surface area contributed by atoms with Gasteiger partial charge in [0.05, 0.1) is 11.5 Å². The van der Waals surface area contributed by atoms with Crippen LogP contribution in [0.4, 0.5) is 0 Å². The largest absolute Gasteiger partial charge is 0.300 e. The number of carbonyl (C=O) groups excluding carboxylic acids is 1. The van der Waals surface area contributed by atoms with Crippen molar-refractivity contribution in [1.29, 1.82) is 0 Å². The lowest BCUT2D eigenvalue weighted by atomic mass is 10.2. The second kappa shape index (κ2) is 6.90. The third-order valence-corrected chi connectivity index (χ3v) is 4.60. The van der Waals surface area contributed by atoms with E-state index < -0.39 is 9.84 Å². The van der Waals surface area contributed by atoms with Gasteiger partial charge in [0.2, 0.25) is 0 Å². The second-order valence-corrected chi connectivity index (χ2v) is 6.93. The molecule has 3 nitrogen and oxygen atoms in total. The number of Topliss-reactive ketones (excluding diaryl/α,β-unsaturated/α-hetero) is 1. The van der Waals surface area contributed by atoms with Gasteiger partial charge in [0.15, 0.2) is 9.84 Å². The van der Waals surface area contributed by atoms with Gasteiger partial charge in [-0.05, 0) is 31.4 Å². The fourth-order valence-corrected chi connectivity index (χ4v) is 3.42. The molecule has 1 rings (SSSR count). The summed E-state index contributed by atoms with van der Waals surface area (Å²) in [4.78, 5) is 10.7. The third-order valence-electron chi connectivity index (χ3n) is 2.57. The van der Waals surface area contributed by atoms with Gasteiger partial charge in [0.25, 0.3) is 0 Å². The molecule has 0 unspecified atom stereocenters. The molecule has 18 heavy (non-hydrogen) atoms. The van der Waals surface area contributed by atoms with Crippen LogP contribution in [0.5, 0.6) is 0 Å². The van der Waals surface area contributed by atoms with Crippen molar-refractivity contribution < 1.29 is 13.2 Å². The second-order valence-electron chi connectivity index (χ2n) is 4.34. The van der Waals surface area contributed by atoms with Crippen molar-refractivity contribution in [3.05, 3.63) is 34.9 Å². The summed E-state index contributed by atoms with van der Waals surface area (Å²) in [7, 11) is -3.15. The first-order valence-electron chi connectivity index (χ1n) is 5.84. The molecule has 5 heteroatoms. The maximum atomic E-state index is 11.9. The van der Waals surface area contributed by atoms with Gasteiger partial charge in [0, 0.05) is 11.4 Å². The number of unbranched alkanes of at least 4 members (excludes halogenated alkanes) is 1. The first-order chi connectivity index (χ1) is 8.41. The summed E-state index contributed by atoms with van der Waals surface area (Å²) in [5.41, 5.74) is 0.630. The van der Waals surface area contributed by atoms with Gasteiger partial charge < -0.3 is 4.79 Å². The highest BCUT2D eigenvalue weighted by Crippen LogP contribution is 2.18. The molecule has 0 saturated heterocycles. The van der Waals surface area contributed by atoms with Crippen LogP contribution >= 0.6 is 11.6 Å². The van der Waals surface area contributed by atoms with Gasteiger partial charge in [-0.25, -0.2) is 8.42 Å². The van der Waals surface area contributed by atoms with Crippen molar-refractivity contribution in [2.24, 2.45) is 0 Å². The molecular weight excluding hydrogens is 272 g/mol. The molecule has 1 aromatic rings. The van der Waals surface area contributed by atoms with Crippen LogP contribution in [0.1, 0.15) is 31.7 Å². The van der Waals surface area contributed by atoms with Gasteiger partial charge in [0.1, 0.15) is 5.78 Å². The van der Waals surface area contributed by atoms with Crippen molar-refractivity contribution in [2.45, 2.75) is 31.9 Å². The Morgan fingerprint density at radius 2 is 1.89 bits per heavy atom. The van der Waals surface area contributed by atoms with Gasteiger partial charge >= 0.3 is 0 Å². The Morgan fingerprint density at radius 3 is 2.50 bits per heavy atom. The van der Waals surface area contributed by atoms with Gasteiger partial charge in [-0.2, -0.15) is 0 Å². The van der Waals surface area contributed by atoms with E-state index in [1.54, 1.807) is 24.3 Å². The molecule has 0 aromatic heterocycles. The molecule has 0 spiro atoms. The lowest BCUT2D eigenvalue weighted by molar-refractivity contribution is -0.117. The first-order valence-corrected chi connectivity index (χ1v) is 8.04. The van der Waals surface area contributed by atoms with E-state index >= 15 is 0 Å². The maximum absolute atomic E-state index is 11.9. The number of sulfone groups is 1. The lowest BCUT2D eigenvalue weighted by Gasteiger charge is -2.05. The Morgan fingerprint density at radius 1 is 1.22 bits per heavy atom. The molecule has 0 aliphatic rings. The van der Waals surface area contributed by atoms with E-state index in [0.29, 0.717) is 29.8 Å². The van der Waals surface area contributed by atoms with Crippen LogP contribution in [0.25, 0.3) is 0 Å². The smallest absolute Gasteiger partial charge is 0.154 e. The number of hydrogen-bond acceptors (Lipinski definition) is 3. The standard InChI is InChI=1S/C13H17ClO3S/c1-11(15)6-4-5-9-18(16,17)10-12-7-2-3-8-13(12)14/h2-3,7-8H,4-6,9-10H2,1H3. The fourth-order valence-electron chi connectivity index (χ4n) is 1.62. The molecule has 1 aromatic carbocycles. The zero-order valence-corrected chi connectivity index (χ0v) is 11.9. The minimum atomic E-state index is -3.15. The van der Waals surface area contributed by atoms with E-state index in [2.05, 4.69) is 0 Å². The number of rotatable bonds is 7. The molecule has 0 N–H and O–H groups in total. The van der Waals surface area contributed by atoms with Crippen LogP contribution in [0.3, 0.4) is 0 Å². The minimum absolute atomic E-state index is 0.0350. The van der Waals surface area contributed by atoms with Crippen molar-refractivity contribution in [3.8, 4) is 0 Å². The van der Waals surface area contributed by atoms with Crippen LogP contribution < -0.4 is 0 Å². The Hall–Kier alpha value is -0.870. The Balaban J connectivity index is 2.50. The fraction of sp³-hybridized carbons (Fsp3) is 0.462. The molecular formula is C13H17ClO3S. The van der Waals surface area contributed by atoms with Crippen LogP contribution in [0.15, 0.2) is 24.3 Å². The van der Waals surface area contributed by atoms with Gasteiger partial charge in [-0.15, -0.1) is 0 Å². The maximum Gasteiger partial charge on any atom is 0.154 e. The topological polar surface area (TPSA) is 51.2 Å². The van der Waals surface area contributed by atoms with E-state index in [1.165, 1.54) is 6.92 Å². The van der Waals surface area contributed by atoms with E-state index in [9.17, 15) is 13.2 Å². The van der Waals surface area contributed by atoms with E-state index in [-0.39, 0.29) is 17.3 Å². The average molecular weight is 289 g/mol. The van der Waals surface area contributed by atoms with E-state index in [1.807, 2.05) is 0 Å². The Labute approximate surface area is 113 Å². The molecule has 0 heterocycles. The third kappa shape index (κ3) is 5.65. The minimum Gasteiger partial charge on any atom is -0.300 e. The molecule has 0 aliphatic heterocycles. The van der Waals surface area contributed by atoms with Crippen molar-refractivity contribution in [1.82, 2.24) is 0 Å². The number of carbonyl (C=O) groups is 1. The van der Waals surface area contributed by atoms with Crippen LogP contribution in [-0.4, -0.2) is 20.0 Å². The molecule has 0 radical (unpaired) electrons. The monoisotopic (exact) mass is 288 g/mol. The Kier molecular flexibility index (Phi) is 5.82. The van der Waals surface area contributed by atoms with Crippen LogP contribution in [0, 0.1) is 0 Å². The highest BCUT2D eigenvalue weighted by molar-refractivity contribution is 7.90. The highest BCUT2D eigenvalue weighted by atomic mass is 35.5. The zero-order valence-electron chi connectivity index (χ0n) is 10.4. The van der Waals surface area contributed by atoms with E-state index in [4.69, 9.17) is 11.6 Å². The molecule has 0 bridgehead atoms. The van der Waals surface area contributed by atoms with Crippen LogP contribution in [0.2, 0.25) is 5.02 Å². The molecule has 0 saturated carbocycles. The van der Waals surface area contributed by atoms with Crippen molar-refractivity contribution in [2.75, 3.05) is 5.75 Å². The average Bonchev–Trinajstić information content (AvgIpc) is 2.27. The predicted octanol–water partition coefficient (Wildman–Crippen LogP) is 3.01. The molecule has 0 fully saturated rings. The number of halogens is 1. The molecule has 0 atom stereocenters. The first kappa shape index (κ1) is 15.2. The summed E-state index contributed by atoms with van der Waals surface area (Å²) in [6.07, 6.45) is 1.59. The van der Waals surface area contributed by atoms with Gasteiger partial charge in [-0.1, -0.05) is 29.8 Å². The summed E-state index contributed by atoms with van der Waals surface area (Å²) in [6, 6.07) is 6.94.